The molecule has 0 aromatic heterocycles. The van der Waals surface area contributed by atoms with Gasteiger partial charge in [-0.3, -0.25) is 4.99 Å². The van der Waals surface area contributed by atoms with Gasteiger partial charge in [-0.25, -0.2) is 5.01 Å². The molecule has 0 radical (unpaired) electrons. The Bertz CT molecular complexity index is 287. The molecule has 0 saturated carbocycles. The van der Waals surface area contributed by atoms with Crippen LogP contribution in [0.2, 0.25) is 0 Å². The average Bonchev–Trinajstić information content (AvgIpc) is 2.46. The summed E-state index contributed by atoms with van der Waals surface area (Å²) in [4.78, 5) is 4.21. The number of nitrogens with zero attached hydrogens (tertiary/aromatic N) is 3. The molecule has 4 nitrogen and oxygen atoms in total. The Labute approximate surface area is 87.3 Å². The molecule has 13 heavy (non-hydrogen) atoms. The fourth-order valence-electron chi connectivity index (χ4n) is 1.17. The SMILES string of the molecule is COC1CN=C2C=CC(Cl)=NN21.Cl. The predicted octanol–water partition coefficient (Wildman–Crippen LogP) is 1.22. The highest BCUT2D eigenvalue weighted by Crippen LogP contribution is 2.16. The highest BCUT2D eigenvalue weighted by atomic mass is 35.5. The van der Waals surface area contributed by atoms with Gasteiger partial charge in [0.2, 0.25) is 0 Å². The first-order chi connectivity index (χ1) is 5.81. The van der Waals surface area contributed by atoms with Crippen molar-refractivity contribution < 1.29 is 4.74 Å². The van der Waals surface area contributed by atoms with E-state index in [9.17, 15) is 0 Å². The van der Waals surface area contributed by atoms with Crippen molar-refractivity contribution in [2.75, 3.05) is 13.7 Å². The Balaban J connectivity index is 0.000000845. The van der Waals surface area contributed by atoms with Crippen LogP contribution in [0.3, 0.4) is 0 Å². The monoisotopic (exact) mass is 221 g/mol. The van der Waals surface area contributed by atoms with Crippen LogP contribution in [0.5, 0.6) is 0 Å². The second-order valence-corrected chi connectivity index (χ2v) is 2.88. The zero-order valence-electron chi connectivity index (χ0n) is 6.98. The number of amidine groups is 1. The van der Waals surface area contributed by atoms with E-state index in [0.29, 0.717) is 11.7 Å². The summed E-state index contributed by atoms with van der Waals surface area (Å²) in [5.41, 5.74) is 0. The van der Waals surface area contributed by atoms with Crippen LogP contribution in [0.25, 0.3) is 0 Å². The van der Waals surface area contributed by atoms with Gasteiger partial charge in [0.1, 0.15) is 11.0 Å². The normalized spacial score (nSPS) is 24.8. The average molecular weight is 222 g/mol. The van der Waals surface area contributed by atoms with Crippen LogP contribution in [0.1, 0.15) is 0 Å². The van der Waals surface area contributed by atoms with Crippen LogP contribution in [0.15, 0.2) is 22.2 Å². The highest BCUT2D eigenvalue weighted by Gasteiger charge is 2.27. The molecule has 0 fully saturated rings. The van der Waals surface area contributed by atoms with Crippen LogP contribution in [0.4, 0.5) is 0 Å². The van der Waals surface area contributed by atoms with Crippen molar-refractivity contribution in [1.82, 2.24) is 5.01 Å². The van der Waals surface area contributed by atoms with Gasteiger partial charge >= 0.3 is 0 Å². The van der Waals surface area contributed by atoms with E-state index in [-0.39, 0.29) is 18.6 Å². The number of rotatable bonds is 1. The van der Waals surface area contributed by atoms with E-state index in [2.05, 4.69) is 10.1 Å². The summed E-state index contributed by atoms with van der Waals surface area (Å²) in [6.45, 7) is 0.615. The number of fused-ring (bicyclic) bond motifs is 1. The van der Waals surface area contributed by atoms with E-state index in [1.54, 1.807) is 18.2 Å². The summed E-state index contributed by atoms with van der Waals surface area (Å²) in [7, 11) is 1.63. The number of hydrogen-bond acceptors (Lipinski definition) is 4. The lowest BCUT2D eigenvalue weighted by molar-refractivity contribution is 0.0276. The molecule has 0 saturated heterocycles. The quantitative estimate of drug-likeness (QED) is 0.668. The van der Waals surface area contributed by atoms with Gasteiger partial charge in [-0.15, -0.1) is 12.4 Å². The van der Waals surface area contributed by atoms with E-state index >= 15 is 0 Å². The second-order valence-electron chi connectivity index (χ2n) is 2.49. The lowest BCUT2D eigenvalue weighted by Gasteiger charge is -2.21. The molecule has 2 aliphatic rings. The summed E-state index contributed by atoms with van der Waals surface area (Å²) < 4.78 is 5.14. The summed E-state index contributed by atoms with van der Waals surface area (Å²) in [6.07, 6.45) is 3.45. The summed E-state index contributed by atoms with van der Waals surface area (Å²) in [5.74, 6) is 0.811. The zero-order chi connectivity index (χ0) is 8.55. The van der Waals surface area contributed by atoms with Gasteiger partial charge in [0.05, 0.1) is 6.54 Å². The molecule has 1 unspecified atom stereocenters. The van der Waals surface area contributed by atoms with Crippen molar-refractivity contribution >= 4 is 35.0 Å². The Kier molecular flexibility index (Phi) is 3.30. The Morgan fingerprint density at radius 3 is 3.08 bits per heavy atom. The molecular formula is C7H9Cl2N3O. The van der Waals surface area contributed by atoms with Crippen LogP contribution < -0.4 is 0 Å². The van der Waals surface area contributed by atoms with E-state index in [1.165, 1.54) is 0 Å². The molecule has 72 valence electrons. The largest absolute Gasteiger partial charge is 0.358 e. The number of hydrogen-bond donors (Lipinski definition) is 0. The van der Waals surface area contributed by atoms with Crippen molar-refractivity contribution in [2.24, 2.45) is 10.1 Å². The number of aliphatic imine (C=N–C) groups is 1. The Hall–Kier alpha value is -0.580. The molecule has 0 aromatic carbocycles. The van der Waals surface area contributed by atoms with Crippen molar-refractivity contribution in [2.45, 2.75) is 6.23 Å². The molecule has 2 rings (SSSR count). The third kappa shape index (κ3) is 1.85. The first kappa shape index (κ1) is 10.5. The van der Waals surface area contributed by atoms with Crippen LogP contribution in [-0.2, 0) is 4.74 Å². The molecule has 0 aliphatic carbocycles. The molecule has 0 aromatic rings. The topological polar surface area (TPSA) is 37.2 Å². The molecule has 1 atom stereocenters. The minimum atomic E-state index is -0.0984. The predicted molar refractivity (Wildman–Crippen MR) is 54.6 cm³/mol. The summed E-state index contributed by atoms with van der Waals surface area (Å²) in [6, 6.07) is 0. The summed E-state index contributed by atoms with van der Waals surface area (Å²) >= 11 is 5.72. The minimum Gasteiger partial charge on any atom is -0.358 e. The third-order valence-corrected chi connectivity index (χ3v) is 1.96. The maximum absolute atomic E-state index is 5.72. The minimum absolute atomic E-state index is 0. The number of hydrazone groups is 1. The van der Waals surface area contributed by atoms with Crippen molar-refractivity contribution in [1.29, 1.82) is 0 Å². The molecule has 0 spiro atoms. The van der Waals surface area contributed by atoms with Gasteiger partial charge in [0, 0.05) is 7.11 Å². The number of halogens is 2. The van der Waals surface area contributed by atoms with Gasteiger partial charge in [-0.1, -0.05) is 11.6 Å². The fraction of sp³-hybridized carbons (Fsp3) is 0.429. The first-order valence-electron chi connectivity index (χ1n) is 3.60. The van der Waals surface area contributed by atoms with E-state index in [4.69, 9.17) is 16.3 Å². The molecule has 2 aliphatic heterocycles. The molecule has 2 heterocycles. The third-order valence-electron chi connectivity index (χ3n) is 1.76. The molecule has 0 amide bonds. The van der Waals surface area contributed by atoms with Gasteiger partial charge in [0.25, 0.3) is 0 Å². The van der Waals surface area contributed by atoms with Gasteiger partial charge < -0.3 is 4.74 Å². The number of methoxy groups -OCH3 is 1. The van der Waals surface area contributed by atoms with Crippen LogP contribution in [0, 0.1) is 0 Å². The van der Waals surface area contributed by atoms with Crippen molar-refractivity contribution in [3.05, 3.63) is 12.2 Å². The maximum Gasteiger partial charge on any atom is 0.171 e. The molecular weight excluding hydrogens is 213 g/mol. The van der Waals surface area contributed by atoms with E-state index in [0.717, 1.165) is 5.84 Å². The Morgan fingerprint density at radius 2 is 2.38 bits per heavy atom. The standard InChI is InChI=1S/C7H8ClN3O.ClH/c1-12-7-4-9-6-3-2-5(8)10-11(6)7;/h2-3,7H,4H2,1H3;1H. The van der Waals surface area contributed by atoms with E-state index in [1.807, 2.05) is 6.08 Å². The van der Waals surface area contributed by atoms with Crippen molar-refractivity contribution in [3.8, 4) is 0 Å². The van der Waals surface area contributed by atoms with Gasteiger partial charge in [-0.2, -0.15) is 5.10 Å². The first-order valence-corrected chi connectivity index (χ1v) is 3.98. The highest BCUT2D eigenvalue weighted by molar-refractivity contribution is 6.68. The van der Waals surface area contributed by atoms with Crippen LogP contribution in [-0.4, -0.2) is 35.9 Å². The number of ether oxygens (including phenoxy) is 1. The number of allylic oxidation sites excluding steroid dienone is 1. The zero-order valence-corrected chi connectivity index (χ0v) is 8.55. The summed E-state index contributed by atoms with van der Waals surface area (Å²) in [5, 5.41) is 6.21. The van der Waals surface area contributed by atoms with E-state index < -0.39 is 0 Å². The fourth-order valence-corrected chi connectivity index (χ4v) is 1.31. The maximum atomic E-state index is 5.72. The van der Waals surface area contributed by atoms with Crippen molar-refractivity contribution in [3.63, 3.8) is 0 Å². The van der Waals surface area contributed by atoms with Gasteiger partial charge in [-0.05, 0) is 12.2 Å². The van der Waals surface area contributed by atoms with Gasteiger partial charge in [0.15, 0.2) is 6.23 Å². The Morgan fingerprint density at radius 1 is 1.62 bits per heavy atom. The second kappa shape index (κ2) is 4.09. The molecule has 0 N–H and O–H groups in total. The molecule has 6 heteroatoms. The van der Waals surface area contributed by atoms with Crippen LogP contribution >= 0.6 is 24.0 Å². The molecule has 0 bridgehead atoms. The lowest BCUT2D eigenvalue weighted by Crippen LogP contribution is -2.34. The smallest absolute Gasteiger partial charge is 0.171 e. The lowest BCUT2D eigenvalue weighted by atomic mass is 10.4.